The molecule has 0 aromatic carbocycles. The maximum Gasteiger partial charge on any atom is 0.226 e. The highest BCUT2D eigenvalue weighted by Gasteiger charge is 2.18. The van der Waals surface area contributed by atoms with Gasteiger partial charge in [0.2, 0.25) is 5.89 Å². The zero-order chi connectivity index (χ0) is 12.8. The summed E-state index contributed by atoms with van der Waals surface area (Å²) in [6.07, 6.45) is 6.36. The molecule has 0 saturated carbocycles. The Labute approximate surface area is 108 Å². The van der Waals surface area contributed by atoms with Crippen LogP contribution in [0.25, 0.3) is 0 Å². The number of ether oxygens (including phenoxy) is 1. The van der Waals surface area contributed by atoms with Crippen LogP contribution in [-0.4, -0.2) is 29.4 Å². The van der Waals surface area contributed by atoms with Crippen LogP contribution in [0.5, 0.6) is 0 Å². The largest absolute Gasteiger partial charge is 0.378 e. The molecule has 1 fully saturated rings. The van der Waals surface area contributed by atoms with Crippen molar-refractivity contribution in [3.05, 3.63) is 11.7 Å². The topological polar surface area (TPSA) is 74.2 Å². The van der Waals surface area contributed by atoms with Crippen molar-refractivity contribution in [2.45, 2.75) is 51.6 Å². The van der Waals surface area contributed by atoms with Crippen molar-refractivity contribution >= 4 is 0 Å². The van der Waals surface area contributed by atoms with E-state index < -0.39 is 0 Å². The van der Waals surface area contributed by atoms with Crippen LogP contribution in [0.15, 0.2) is 4.52 Å². The third-order valence-electron chi connectivity index (χ3n) is 3.57. The summed E-state index contributed by atoms with van der Waals surface area (Å²) >= 11 is 0. The van der Waals surface area contributed by atoms with Gasteiger partial charge in [0.05, 0.1) is 6.10 Å². The molecule has 5 nitrogen and oxygen atoms in total. The van der Waals surface area contributed by atoms with Gasteiger partial charge in [-0.3, -0.25) is 0 Å². The van der Waals surface area contributed by atoms with Crippen LogP contribution in [0, 0.1) is 5.92 Å². The first-order chi connectivity index (χ1) is 8.81. The van der Waals surface area contributed by atoms with E-state index in [4.69, 9.17) is 15.0 Å². The molecule has 2 N–H and O–H groups in total. The fourth-order valence-electron chi connectivity index (χ4n) is 2.27. The third kappa shape index (κ3) is 3.78. The lowest BCUT2D eigenvalue weighted by Gasteiger charge is -2.20. The number of nitrogens with zero attached hydrogens (tertiary/aromatic N) is 2. The molecule has 0 radical (unpaired) electrons. The summed E-state index contributed by atoms with van der Waals surface area (Å²) in [6.45, 7) is 3.66. The number of hydrogen-bond acceptors (Lipinski definition) is 5. The van der Waals surface area contributed by atoms with Gasteiger partial charge in [-0.1, -0.05) is 18.5 Å². The van der Waals surface area contributed by atoms with Crippen LogP contribution < -0.4 is 5.73 Å². The van der Waals surface area contributed by atoms with E-state index in [9.17, 15) is 0 Å². The van der Waals surface area contributed by atoms with Crippen molar-refractivity contribution in [1.82, 2.24) is 10.1 Å². The van der Waals surface area contributed by atoms with Gasteiger partial charge in [-0.2, -0.15) is 4.98 Å². The van der Waals surface area contributed by atoms with Gasteiger partial charge < -0.3 is 15.0 Å². The molecule has 1 aromatic rings. The third-order valence-corrected chi connectivity index (χ3v) is 3.57. The van der Waals surface area contributed by atoms with E-state index in [0.717, 1.165) is 38.1 Å². The molecule has 2 unspecified atom stereocenters. The summed E-state index contributed by atoms with van der Waals surface area (Å²) < 4.78 is 10.9. The zero-order valence-corrected chi connectivity index (χ0v) is 11.1. The molecule has 2 atom stereocenters. The standard InChI is InChI=1S/C13H23N3O2/c1-2-10(9-14)7-13-15-12(16-18-13)8-11-5-3-4-6-17-11/h10-11H,2-9,14H2,1H3. The fraction of sp³-hybridized carbons (Fsp3) is 0.846. The van der Waals surface area contributed by atoms with Crippen LogP contribution in [0.1, 0.15) is 44.3 Å². The average Bonchev–Trinajstić information content (AvgIpc) is 2.84. The second-order valence-corrected chi connectivity index (χ2v) is 5.01. The summed E-state index contributed by atoms with van der Waals surface area (Å²) in [6, 6.07) is 0. The van der Waals surface area contributed by atoms with Crippen molar-refractivity contribution in [3.8, 4) is 0 Å². The Kier molecular flexibility index (Phi) is 5.13. The fourth-order valence-corrected chi connectivity index (χ4v) is 2.27. The van der Waals surface area contributed by atoms with Gasteiger partial charge in [-0.05, 0) is 31.7 Å². The molecule has 2 heterocycles. The van der Waals surface area contributed by atoms with Gasteiger partial charge >= 0.3 is 0 Å². The Morgan fingerprint density at radius 1 is 1.44 bits per heavy atom. The van der Waals surface area contributed by atoms with Crippen molar-refractivity contribution < 1.29 is 9.26 Å². The highest BCUT2D eigenvalue weighted by atomic mass is 16.5. The predicted molar refractivity (Wildman–Crippen MR) is 68.1 cm³/mol. The first kappa shape index (κ1) is 13.5. The van der Waals surface area contributed by atoms with E-state index in [-0.39, 0.29) is 6.10 Å². The van der Waals surface area contributed by atoms with Gasteiger partial charge in [-0.25, -0.2) is 0 Å². The summed E-state index contributed by atoms with van der Waals surface area (Å²) in [5, 5.41) is 4.03. The lowest BCUT2D eigenvalue weighted by molar-refractivity contribution is 0.0153. The van der Waals surface area contributed by atoms with Gasteiger partial charge in [0.1, 0.15) is 0 Å². The van der Waals surface area contributed by atoms with Gasteiger partial charge in [0.25, 0.3) is 0 Å². The molecule has 1 aliphatic heterocycles. The summed E-state index contributed by atoms with van der Waals surface area (Å²) in [7, 11) is 0. The number of rotatable bonds is 6. The Hall–Kier alpha value is -0.940. The molecular weight excluding hydrogens is 230 g/mol. The molecule has 5 heteroatoms. The maximum atomic E-state index is 5.68. The van der Waals surface area contributed by atoms with Crippen LogP contribution in [0.3, 0.4) is 0 Å². The molecule has 2 rings (SSSR count). The maximum absolute atomic E-state index is 5.68. The molecule has 1 saturated heterocycles. The summed E-state index contributed by atoms with van der Waals surface area (Å²) in [5.74, 6) is 1.91. The Morgan fingerprint density at radius 3 is 3.00 bits per heavy atom. The summed E-state index contributed by atoms with van der Waals surface area (Å²) in [5.41, 5.74) is 5.68. The van der Waals surface area contributed by atoms with Gasteiger partial charge in [0.15, 0.2) is 5.82 Å². The number of hydrogen-bond donors (Lipinski definition) is 1. The highest BCUT2D eigenvalue weighted by molar-refractivity contribution is 4.90. The molecule has 0 amide bonds. The molecule has 0 aliphatic carbocycles. The monoisotopic (exact) mass is 253 g/mol. The van der Waals surface area contributed by atoms with Crippen molar-refractivity contribution in [2.75, 3.05) is 13.2 Å². The van der Waals surface area contributed by atoms with Crippen LogP contribution in [0.2, 0.25) is 0 Å². The summed E-state index contributed by atoms with van der Waals surface area (Å²) in [4.78, 5) is 4.43. The molecule has 0 bridgehead atoms. The molecule has 102 valence electrons. The Morgan fingerprint density at radius 2 is 2.33 bits per heavy atom. The minimum atomic E-state index is 0.265. The molecular formula is C13H23N3O2. The zero-order valence-electron chi connectivity index (χ0n) is 11.1. The lowest BCUT2D eigenvalue weighted by Crippen LogP contribution is -2.22. The average molecular weight is 253 g/mol. The SMILES string of the molecule is CCC(CN)Cc1nc(CC2CCCCO2)no1. The molecule has 1 aliphatic rings. The van der Waals surface area contributed by atoms with Crippen molar-refractivity contribution in [1.29, 1.82) is 0 Å². The molecule has 18 heavy (non-hydrogen) atoms. The number of aromatic nitrogens is 2. The second kappa shape index (κ2) is 6.85. The second-order valence-electron chi connectivity index (χ2n) is 5.01. The quantitative estimate of drug-likeness (QED) is 0.835. The first-order valence-corrected chi connectivity index (χ1v) is 6.95. The number of nitrogens with two attached hydrogens (primary N) is 1. The van der Waals surface area contributed by atoms with Crippen molar-refractivity contribution in [3.63, 3.8) is 0 Å². The van der Waals surface area contributed by atoms with E-state index >= 15 is 0 Å². The molecule has 0 spiro atoms. The van der Waals surface area contributed by atoms with E-state index in [0.29, 0.717) is 18.4 Å². The predicted octanol–water partition coefficient (Wildman–Crippen LogP) is 1.71. The Bertz CT molecular complexity index is 344. The van der Waals surface area contributed by atoms with Crippen molar-refractivity contribution in [2.24, 2.45) is 11.7 Å². The van der Waals surface area contributed by atoms with E-state index in [1.165, 1.54) is 12.8 Å². The van der Waals surface area contributed by atoms with Crippen LogP contribution in [0.4, 0.5) is 0 Å². The van der Waals surface area contributed by atoms with Gasteiger partial charge in [0, 0.05) is 19.4 Å². The first-order valence-electron chi connectivity index (χ1n) is 6.95. The van der Waals surface area contributed by atoms with Crippen LogP contribution >= 0.6 is 0 Å². The smallest absolute Gasteiger partial charge is 0.226 e. The minimum absolute atomic E-state index is 0.265. The van der Waals surface area contributed by atoms with E-state index in [2.05, 4.69) is 17.1 Å². The van der Waals surface area contributed by atoms with Crippen LogP contribution in [-0.2, 0) is 17.6 Å². The van der Waals surface area contributed by atoms with Gasteiger partial charge in [-0.15, -0.1) is 0 Å². The molecule has 1 aromatic heterocycles. The minimum Gasteiger partial charge on any atom is -0.378 e. The Balaban J connectivity index is 1.85. The normalized spacial score (nSPS) is 22.0. The van der Waals surface area contributed by atoms with E-state index in [1.807, 2.05) is 0 Å². The highest BCUT2D eigenvalue weighted by Crippen LogP contribution is 2.16. The lowest BCUT2D eigenvalue weighted by atomic mass is 10.0. The van der Waals surface area contributed by atoms with E-state index in [1.54, 1.807) is 0 Å².